The molecule has 2 aliphatic rings. The molecule has 1 aliphatic heterocycles. The molecule has 92 valence electrons. The van der Waals surface area contributed by atoms with E-state index in [2.05, 4.69) is 19.2 Å². The lowest BCUT2D eigenvalue weighted by atomic mass is 9.58. The van der Waals surface area contributed by atoms with Gasteiger partial charge in [-0.05, 0) is 31.1 Å². The Hall–Kier alpha value is -0.610. The molecule has 1 aliphatic carbocycles. The van der Waals surface area contributed by atoms with Gasteiger partial charge < -0.3 is 15.5 Å². The fourth-order valence-corrected chi connectivity index (χ4v) is 3.53. The largest absolute Gasteiger partial charge is 0.481 e. The van der Waals surface area contributed by atoms with Crippen LogP contribution in [0.25, 0.3) is 0 Å². The van der Waals surface area contributed by atoms with Crippen molar-refractivity contribution < 1.29 is 15.0 Å². The highest BCUT2D eigenvalue weighted by molar-refractivity contribution is 5.78. The first kappa shape index (κ1) is 11.9. The SMILES string of the molecule is CC1CC(C)CC(O)(C2(C(=O)O)CNC2)C1. The summed E-state index contributed by atoms with van der Waals surface area (Å²) in [4.78, 5) is 11.4. The number of carbonyl (C=O) groups is 1. The second kappa shape index (κ2) is 3.70. The summed E-state index contributed by atoms with van der Waals surface area (Å²) < 4.78 is 0. The van der Waals surface area contributed by atoms with Crippen LogP contribution >= 0.6 is 0 Å². The zero-order valence-electron chi connectivity index (χ0n) is 9.99. The summed E-state index contributed by atoms with van der Waals surface area (Å²) in [6, 6.07) is 0. The van der Waals surface area contributed by atoms with Crippen molar-refractivity contribution in [2.24, 2.45) is 17.3 Å². The van der Waals surface area contributed by atoms with Crippen molar-refractivity contribution in [3.8, 4) is 0 Å². The standard InChI is InChI=1S/C12H21NO3/c1-8-3-9(2)5-12(16,4-8)11(10(14)15)6-13-7-11/h8-9,13,16H,3-7H2,1-2H3,(H,14,15). The van der Waals surface area contributed by atoms with E-state index >= 15 is 0 Å². The quantitative estimate of drug-likeness (QED) is 0.654. The number of carboxylic acid groups (broad SMARTS) is 1. The molecular weight excluding hydrogens is 206 g/mol. The van der Waals surface area contributed by atoms with Crippen LogP contribution in [0, 0.1) is 17.3 Å². The van der Waals surface area contributed by atoms with Gasteiger partial charge >= 0.3 is 5.97 Å². The predicted molar refractivity (Wildman–Crippen MR) is 60.1 cm³/mol. The van der Waals surface area contributed by atoms with E-state index in [0.717, 1.165) is 6.42 Å². The van der Waals surface area contributed by atoms with Gasteiger partial charge in [0.1, 0.15) is 5.41 Å². The summed E-state index contributed by atoms with van der Waals surface area (Å²) in [5.41, 5.74) is -1.98. The van der Waals surface area contributed by atoms with E-state index in [1.807, 2.05) is 0 Å². The molecule has 0 radical (unpaired) electrons. The molecule has 0 aromatic heterocycles. The molecule has 2 atom stereocenters. The molecule has 2 fully saturated rings. The summed E-state index contributed by atoms with van der Waals surface area (Å²) in [5.74, 6) is -0.0359. The second-order valence-electron chi connectivity index (χ2n) is 5.88. The van der Waals surface area contributed by atoms with Gasteiger partial charge in [-0.25, -0.2) is 0 Å². The molecule has 2 rings (SSSR count). The number of hydrogen-bond acceptors (Lipinski definition) is 3. The van der Waals surface area contributed by atoms with E-state index in [4.69, 9.17) is 0 Å². The molecule has 4 nitrogen and oxygen atoms in total. The van der Waals surface area contributed by atoms with E-state index in [0.29, 0.717) is 37.8 Å². The van der Waals surface area contributed by atoms with Crippen molar-refractivity contribution in [3.63, 3.8) is 0 Å². The number of rotatable bonds is 2. The summed E-state index contributed by atoms with van der Waals surface area (Å²) in [5, 5.41) is 23.1. The van der Waals surface area contributed by atoms with Crippen molar-refractivity contribution in [3.05, 3.63) is 0 Å². The fraction of sp³-hybridized carbons (Fsp3) is 0.917. The number of carboxylic acids is 1. The van der Waals surface area contributed by atoms with Crippen LogP contribution in [0.2, 0.25) is 0 Å². The molecular formula is C12H21NO3. The monoisotopic (exact) mass is 227 g/mol. The third kappa shape index (κ3) is 1.55. The Kier molecular flexibility index (Phi) is 2.75. The van der Waals surface area contributed by atoms with E-state index < -0.39 is 17.0 Å². The van der Waals surface area contributed by atoms with E-state index in [9.17, 15) is 15.0 Å². The average Bonchev–Trinajstić information content (AvgIpc) is 1.95. The average molecular weight is 227 g/mol. The first-order valence-corrected chi connectivity index (χ1v) is 6.06. The topological polar surface area (TPSA) is 69.6 Å². The normalized spacial score (nSPS) is 42.4. The lowest BCUT2D eigenvalue weighted by molar-refractivity contribution is -0.190. The van der Waals surface area contributed by atoms with Crippen LogP contribution in [-0.4, -0.2) is 34.9 Å². The summed E-state index contributed by atoms with van der Waals surface area (Å²) in [7, 11) is 0. The first-order chi connectivity index (χ1) is 7.40. The molecule has 0 spiro atoms. The van der Waals surface area contributed by atoms with E-state index in [1.54, 1.807) is 0 Å². The highest BCUT2D eigenvalue weighted by Crippen LogP contribution is 2.48. The molecule has 2 unspecified atom stereocenters. The van der Waals surface area contributed by atoms with Gasteiger partial charge in [-0.15, -0.1) is 0 Å². The molecule has 3 N–H and O–H groups in total. The van der Waals surface area contributed by atoms with Gasteiger partial charge in [0.2, 0.25) is 0 Å². The Labute approximate surface area is 96.0 Å². The Balaban J connectivity index is 2.25. The van der Waals surface area contributed by atoms with E-state index in [1.165, 1.54) is 0 Å². The van der Waals surface area contributed by atoms with Gasteiger partial charge in [0.15, 0.2) is 0 Å². The third-order valence-corrected chi connectivity index (χ3v) is 4.33. The molecule has 0 aromatic rings. The zero-order chi connectivity index (χ0) is 12.0. The summed E-state index contributed by atoms with van der Waals surface area (Å²) in [6.07, 6.45) is 2.32. The van der Waals surface area contributed by atoms with Gasteiger partial charge in [-0.2, -0.15) is 0 Å². The second-order valence-corrected chi connectivity index (χ2v) is 5.88. The minimum Gasteiger partial charge on any atom is -0.481 e. The van der Waals surface area contributed by atoms with Crippen LogP contribution in [0.4, 0.5) is 0 Å². The van der Waals surface area contributed by atoms with E-state index in [-0.39, 0.29) is 0 Å². The predicted octanol–water partition coefficient (Wildman–Crippen LogP) is 0.848. The number of aliphatic carboxylic acids is 1. The molecule has 16 heavy (non-hydrogen) atoms. The number of nitrogens with one attached hydrogen (secondary N) is 1. The summed E-state index contributed by atoms with van der Waals surface area (Å²) >= 11 is 0. The van der Waals surface area contributed by atoms with Crippen molar-refractivity contribution in [2.45, 2.75) is 38.7 Å². The summed E-state index contributed by atoms with van der Waals surface area (Å²) in [6.45, 7) is 5.00. The highest BCUT2D eigenvalue weighted by Gasteiger charge is 2.61. The van der Waals surface area contributed by atoms with Crippen LogP contribution in [-0.2, 0) is 4.79 Å². The van der Waals surface area contributed by atoms with Gasteiger partial charge in [0.25, 0.3) is 0 Å². The molecule has 0 bridgehead atoms. The van der Waals surface area contributed by atoms with Crippen molar-refractivity contribution in [1.82, 2.24) is 5.32 Å². The van der Waals surface area contributed by atoms with Crippen LogP contribution in [0.15, 0.2) is 0 Å². The van der Waals surface area contributed by atoms with Crippen LogP contribution in [0.3, 0.4) is 0 Å². The van der Waals surface area contributed by atoms with Crippen molar-refractivity contribution in [1.29, 1.82) is 0 Å². The molecule has 0 amide bonds. The smallest absolute Gasteiger partial charge is 0.315 e. The molecule has 0 aromatic carbocycles. The van der Waals surface area contributed by atoms with Gasteiger partial charge in [0.05, 0.1) is 5.60 Å². The fourth-order valence-electron chi connectivity index (χ4n) is 3.53. The maximum Gasteiger partial charge on any atom is 0.315 e. The maximum atomic E-state index is 11.4. The first-order valence-electron chi connectivity index (χ1n) is 6.06. The molecule has 4 heteroatoms. The highest BCUT2D eigenvalue weighted by atomic mass is 16.4. The molecule has 1 saturated heterocycles. The Bertz CT molecular complexity index is 289. The van der Waals surface area contributed by atoms with Crippen molar-refractivity contribution >= 4 is 5.97 Å². The van der Waals surface area contributed by atoms with Gasteiger partial charge in [-0.1, -0.05) is 13.8 Å². The molecule has 1 heterocycles. The number of aliphatic hydroxyl groups is 1. The lowest BCUT2D eigenvalue weighted by Crippen LogP contribution is -2.71. The maximum absolute atomic E-state index is 11.4. The lowest BCUT2D eigenvalue weighted by Gasteiger charge is -2.54. The van der Waals surface area contributed by atoms with Crippen LogP contribution < -0.4 is 5.32 Å². The molecule has 1 saturated carbocycles. The van der Waals surface area contributed by atoms with Crippen LogP contribution in [0.5, 0.6) is 0 Å². The van der Waals surface area contributed by atoms with Crippen molar-refractivity contribution in [2.75, 3.05) is 13.1 Å². The minimum atomic E-state index is -1.03. The van der Waals surface area contributed by atoms with Gasteiger partial charge in [-0.3, -0.25) is 4.79 Å². The van der Waals surface area contributed by atoms with Gasteiger partial charge in [0, 0.05) is 13.1 Å². The third-order valence-electron chi connectivity index (χ3n) is 4.33. The minimum absolute atomic E-state index is 0.401. The number of hydrogen-bond donors (Lipinski definition) is 3. The Morgan fingerprint density at radius 1 is 1.25 bits per heavy atom. The Morgan fingerprint density at radius 2 is 1.75 bits per heavy atom. The zero-order valence-corrected chi connectivity index (χ0v) is 9.99. The Morgan fingerprint density at radius 3 is 2.06 bits per heavy atom. The van der Waals surface area contributed by atoms with Crippen LogP contribution in [0.1, 0.15) is 33.1 Å².